The molecule has 0 radical (unpaired) electrons. The van der Waals surface area contributed by atoms with Crippen molar-refractivity contribution in [3.05, 3.63) is 0 Å². The van der Waals surface area contributed by atoms with E-state index in [0.29, 0.717) is 0 Å². The van der Waals surface area contributed by atoms with E-state index in [2.05, 4.69) is 0 Å². The smallest absolute Gasteiger partial charge is 0.239 e. The molecular formula is C5H5F5O2S. The molecule has 3 unspecified atom stereocenters. The van der Waals surface area contributed by atoms with E-state index in [1.54, 1.807) is 0 Å². The summed E-state index contributed by atoms with van der Waals surface area (Å²) in [6.45, 7) is 0. The maximum absolute atomic E-state index is 12.8. The van der Waals surface area contributed by atoms with Gasteiger partial charge in [0.2, 0.25) is 11.2 Å². The second-order valence-electron chi connectivity index (χ2n) is 2.79. The summed E-state index contributed by atoms with van der Waals surface area (Å²) in [6.07, 6.45) is -7.16. The SMILES string of the molecule is O=S1(=O)CC(F)(C(F)F)C(F)C1F. The molecular weight excluding hydrogens is 219 g/mol. The number of hydrogen-bond acceptors (Lipinski definition) is 2. The van der Waals surface area contributed by atoms with Crippen molar-refractivity contribution in [2.24, 2.45) is 0 Å². The molecule has 8 heteroatoms. The van der Waals surface area contributed by atoms with Crippen LogP contribution in [0.4, 0.5) is 22.0 Å². The Bertz CT molecular complexity index is 302. The number of sulfone groups is 1. The van der Waals surface area contributed by atoms with Crippen LogP contribution in [0.15, 0.2) is 0 Å². The second kappa shape index (κ2) is 2.79. The van der Waals surface area contributed by atoms with Gasteiger partial charge in [0.15, 0.2) is 16.0 Å². The summed E-state index contributed by atoms with van der Waals surface area (Å²) in [6, 6.07) is 0. The fourth-order valence-electron chi connectivity index (χ4n) is 1.05. The first-order chi connectivity index (χ1) is 5.72. The van der Waals surface area contributed by atoms with E-state index in [-0.39, 0.29) is 0 Å². The summed E-state index contributed by atoms with van der Waals surface area (Å²) in [4.78, 5) is 0. The Balaban J connectivity index is 3.09. The molecule has 13 heavy (non-hydrogen) atoms. The quantitative estimate of drug-likeness (QED) is 0.623. The van der Waals surface area contributed by atoms with Gasteiger partial charge in [0, 0.05) is 0 Å². The Morgan fingerprint density at radius 2 is 1.77 bits per heavy atom. The Hall–Kier alpha value is -0.400. The molecule has 0 aliphatic carbocycles. The fraction of sp³-hybridized carbons (Fsp3) is 1.00. The van der Waals surface area contributed by atoms with Crippen LogP contribution in [-0.4, -0.2) is 37.9 Å². The molecule has 1 saturated heterocycles. The molecule has 0 aromatic heterocycles. The zero-order chi connectivity index (χ0) is 10.4. The van der Waals surface area contributed by atoms with Gasteiger partial charge in [-0.15, -0.1) is 0 Å². The highest BCUT2D eigenvalue weighted by Crippen LogP contribution is 2.40. The first kappa shape index (κ1) is 10.7. The van der Waals surface area contributed by atoms with Crippen LogP contribution in [0.2, 0.25) is 0 Å². The molecule has 0 spiro atoms. The molecule has 0 saturated carbocycles. The molecule has 1 heterocycles. The summed E-state index contributed by atoms with van der Waals surface area (Å²) in [5, 5.41) is 0. The maximum Gasteiger partial charge on any atom is 0.276 e. The van der Waals surface area contributed by atoms with Crippen molar-refractivity contribution in [2.75, 3.05) is 5.75 Å². The van der Waals surface area contributed by atoms with Crippen molar-refractivity contribution in [3.8, 4) is 0 Å². The number of rotatable bonds is 1. The predicted molar refractivity (Wildman–Crippen MR) is 33.4 cm³/mol. The lowest BCUT2D eigenvalue weighted by molar-refractivity contribution is -0.0696. The van der Waals surface area contributed by atoms with Gasteiger partial charge >= 0.3 is 0 Å². The van der Waals surface area contributed by atoms with Crippen LogP contribution in [0, 0.1) is 0 Å². The zero-order valence-electron chi connectivity index (χ0n) is 6.05. The van der Waals surface area contributed by atoms with Crippen LogP contribution >= 0.6 is 0 Å². The maximum atomic E-state index is 12.8. The lowest BCUT2D eigenvalue weighted by Gasteiger charge is -2.18. The highest BCUT2D eigenvalue weighted by Gasteiger charge is 2.64. The minimum atomic E-state index is -4.72. The molecule has 2 nitrogen and oxygen atoms in total. The van der Waals surface area contributed by atoms with Gasteiger partial charge in [0.1, 0.15) is 0 Å². The summed E-state index contributed by atoms with van der Waals surface area (Å²) >= 11 is 0. The third-order valence-electron chi connectivity index (χ3n) is 1.82. The first-order valence-corrected chi connectivity index (χ1v) is 4.90. The summed E-state index contributed by atoms with van der Waals surface area (Å²) in [7, 11) is -4.72. The highest BCUT2D eigenvalue weighted by atomic mass is 32.2. The average molecular weight is 224 g/mol. The number of alkyl halides is 5. The van der Waals surface area contributed by atoms with Crippen LogP contribution in [0.3, 0.4) is 0 Å². The van der Waals surface area contributed by atoms with E-state index in [1.165, 1.54) is 0 Å². The predicted octanol–water partition coefficient (Wildman–Crippen LogP) is 1.02. The number of hydrogen-bond donors (Lipinski definition) is 0. The van der Waals surface area contributed by atoms with Gasteiger partial charge in [-0.1, -0.05) is 0 Å². The minimum Gasteiger partial charge on any atom is -0.239 e. The van der Waals surface area contributed by atoms with Crippen molar-refractivity contribution in [1.29, 1.82) is 0 Å². The molecule has 1 aliphatic rings. The van der Waals surface area contributed by atoms with Crippen molar-refractivity contribution in [2.45, 2.75) is 23.8 Å². The lowest BCUT2D eigenvalue weighted by atomic mass is 10.1. The average Bonchev–Trinajstić information content (AvgIpc) is 2.13. The van der Waals surface area contributed by atoms with Gasteiger partial charge in [-0.2, -0.15) is 0 Å². The van der Waals surface area contributed by atoms with E-state index in [9.17, 15) is 30.4 Å². The summed E-state index contributed by atoms with van der Waals surface area (Å²) < 4.78 is 82.4. The molecule has 1 rings (SSSR count). The highest BCUT2D eigenvalue weighted by molar-refractivity contribution is 7.92. The Morgan fingerprint density at radius 1 is 1.31 bits per heavy atom. The third-order valence-corrected chi connectivity index (χ3v) is 3.59. The van der Waals surface area contributed by atoms with Gasteiger partial charge in [-0.25, -0.2) is 30.4 Å². The Morgan fingerprint density at radius 3 is 1.92 bits per heavy atom. The molecule has 0 aromatic carbocycles. The topological polar surface area (TPSA) is 34.1 Å². The lowest BCUT2D eigenvalue weighted by Crippen LogP contribution is -2.42. The van der Waals surface area contributed by atoms with Gasteiger partial charge < -0.3 is 0 Å². The third kappa shape index (κ3) is 1.40. The molecule has 0 bridgehead atoms. The first-order valence-electron chi connectivity index (χ1n) is 3.18. The van der Waals surface area contributed by atoms with Crippen molar-refractivity contribution in [1.82, 2.24) is 0 Å². The molecule has 0 amide bonds. The van der Waals surface area contributed by atoms with Crippen LogP contribution in [0.25, 0.3) is 0 Å². The van der Waals surface area contributed by atoms with Gasteiger partial charge in [-0.3, -0.25) is 0 Å². The monoisotopic (exact) mass is 224 g/mol. The van der Waals surface area contributed by atoms with Crippen LogP contribution in [0.1, 0.15) is 0 Å². The van der Waals surface area contributed by atoms with E-state index in [4.69, 9.17) is 0 Å². The van der Waals surface area contributed by atoms with Crippen LogP contribution < -0.4 is 0 Å². The van der Waals surface area contributed by atoms with E-state index < -0.39 is 39.4 Å². The molecule has 0 N–H and O–H groups in total. The second-order valence-corrected chi connectivity index (χ2v) is 4.85. The van der Waals surface area contributed by atoms with Crippen LogP contribution in [-0.2, 0) is 9.84 Å². The molecule has 0 aromatic rings. The van der Waals surface area contributed by atoms with Crippen molar-refractivity contribution < 1.29 is 30.4 Å². The van der Waals surface area contributed by atoms with Gasteiger partial charge in [0.25, 0.3) is 6.43 Å². The standard InChI is InChI=1S/C5H5F5O2S/c6-2-3(7)13(11,12)1-5(2,10)4(8)9/h2-4H,1H2. The zero-order valence-corrected chi connectivity index (χ0v) is 6.87. The largest absolute Gasteiger partial charge is 0.276 e. The van der Waals surface area contributed by atoms with E-state index in [1.807, 2.05) is 0 Å². The van der Waals surface area contributed by atoms with Crippen molar-refractivity contribution >= 4 is 9.84 Å². The normalized spacial score (nSPS) is 44.2. The molecule has 1 aliphatic heterocycles. The number of halogens is 5. The van der Waals surface area contributed by atoms with Crippen LogP contribution in [0.5, 0.6) is 0 Å². The summed E-state index contributed by atoms with van der Waals surface area (Å²) in [5.74, 6) is -1.81. The van der Waals surface area contributed by atoms with Gasteiger partial charge in [0.05, 0.1) is 5.75 Å². The van der Waals surface area contributed by atoms with E-state index in [0.717, 1.165) is 0 Å². The molecule has 1 fully saturated rings. The minimum absolute atomic E-state index is 1.81. The molecule has 78 valence electrons. The van der Waals surface area contributed by atoms with Crippen molar-refractivity contribution in [3.63, 3.8) is 0 Å². The van der Waals surface area contributed by atoms with E-state index >= 15 is 0 Å². The fourth-order valence-corrected chi connectivity index (χ4v) is 2.70. The summed E-state index contributed by atoms with van der Waals surface area (Å²) in [5.41, 5.74) is -7.09. The Labute approximate surface area is 70.6 Å². The van der Waals surface area contributed by atoms with Gasteiger partial charge in [-0.05, 0) is 0 Å². The Kier molecular flexibility index (Phi) is 2.29. The molecule has 3 atom stereocenters.